The van der Waals surface area contributed by atoms with Crippen molar-refractivity contribution in [3.8, 4) is 0 Å². The van der Waals surface area contributed by atoms with Crippen LogP contribution in [0.1, 0.15) is 36.6 Å². The number of benzene rings is 2. The van der Waals surface area contributed by atoms with Gasteiger partial charge < -0.3 is 20.1 Å². The Morgan fingerprint density at radius 2 is 1.70 bits per heavy atom. The molecule has 8 heteroatoms. The molecule has 2 aromatic rings. The van der Waals surface area contributed by atoms with E-state index in [-0.39, 0.29) is 35.8 Å². The summed E-state index contributed by atoms with van der Waals surface area (Å²) >= 11 is 0. The lowest BCUT2D eigenvalue weighted by molar-refractivity contribution is 0.0170. The maximum absolute atomic E-state index is 13.5. The molecule has 0 aromatic heterocycles. The molecule has 0 amide bonds. The van der Waals surface area contributed by atoms with Gasteiger partial charge >= 0.3 is 0 Å². The second kappa shape index (κ2) is 15.2. The van der Waals surface area contributed by atoms with Crippen molar-refractivity contribution in [3.05, 3.63) is 71.0 Å². The van der Waals surface area contributed by atoms with Crippen molar-refractivity contribution in [1.29, 1.82) is 0 Å². The molecule has 1 saturated heterocycles. The van der Waals surface area contributed by atoms with Crippen molar-refractivity contribution < 1.29 is 13.9 Å². The molecule has 1 unspecified atom stereocenters. The number of morpholine rings is 1. The Kier molecular flexibility index (Phi) is 12.7. The van der Waals surface area contributed by atoms with E-state index in [4.69, 9.17) is 14.5 Å². The van der Waals surface area contributed by atoms with E-state index in [1.165, 1.54) is 12.1 Å². The first-order valence-corrected chi connectivity index (χ1v) is 11.4. The second-order valence-electron chi connectivity index (χ2n) is 7.75. The molecule has 1 fully saturated rings. The standard InChI is InChI=1S/C25H35FN4O2.HI/c1-3-27-25(28-17-20-5-7-21(8-6-20)19-31-4-2)29-18-24(30-13-15-32-16-14-30)22-9-11-23(26)12-10-22;/h5-12,24H,3-4,13-19H2,1-2H3,(H2,27,28,29);1H. The molecule has 2 N–H and O–H groups in total. The van der Waals surface area contributed by atoms with Crippen LogP contribution in [0, 0.1) is 5.82 Å². The fourth-order valence-electron chi connectivity index (χ4n) is 3.70. The SMILES string of the molecule is CCNC(=NCc1ccc(COCC)cc1)NCC(c1ccc(F)cc1)N1CCOCC1.I. The zero-order valence-electron chi connectivity index (χ0n) is 19.6. The van der Waals surface area contributed by atoms with Gasteiger partial charge in [-0.2, -0.15) is 0 Å². The number of halogens is 2. The zero-order valence-corrected chi connectivity index (χ0v) is 21.9. The summed E-state index contributed by atoms with van der Waals surface area (Å²) in [5.41, 5.74) is 3.39. The molecule has 0 radical (unpaired) electrons. The van der Waals surface area contributed by atoms with Gasteiger partial charge in [0.05, 0.1) is 32.4 Å². The first kappa shape index (κ1) is 27.5. The van der Waals surface area contributed by atoms with Crippen LogP contribution in [0.3, 0.4) is 0 Å². The van der Waals surface area contributed by atoms with Crippen LogP contribution < -0.4 is 10.6 Å². The van der Waals surface area contributed by atoms with Gasteiger partial charge in [0.1, 0.15) is 5.82 Å². The van der Waals surface area contributed by atoms with E-state index in [0.29, 0.717) is 39.5 Å². The van der Waals surface area contributed by atoms with Crippen molar-refractivity contribution >= 4 is 29.9 Å². The van der Waals surface area contributed by atoms with Crippen LogP contribution >= 0.6 is 24.0 Å². The molecule has 0 spiro atoms. The summed E-state index contributed by atoms with van der Waals surface area (Å²) in [7, 11) is 0. The Hall–Kier alpha value is -1.75. The molecule has 33 heavy (non-hydrogen) atoms. The van der Waals surface area contributed by atoms with E-state index in [9.17, 15) is 4.39 Å². The van der Waals surface area contributed by atoms with E-state index in [0.717, 1.165) is 42.3 Å². The monoisotopic (exact) mass is 570 g/mol. The lowest BCUT2D eigenvalue weighted by atomic mass is 10.0. The van der Waals surface area contributed by atoms with Gasteiger partial charge in [-0.1, -0.05) is 36.4 Å². The number of aliphatic imine (C=N–C) groups is 1. The van der Waals surface area contributed by atoms with Crippen LogP contribution in [0.4, 0.5) is 4.39 Å². The number of guanidine groups is 1. The minimum atomic E-state index is -0.218. The van der Waals surface area contributed by atoms with Gasteiger partial charge in [0.2, 0.25) is 0 Å². The smallest absolute Gasteiger partial charge is 0.191 e. The fraction of sp³-hybridized carbons (Fsp3) is 0.480. The van der Waals surface area contributed by atoms with Gasteiger partial charge in [-0.05, 0) is 42.7 Å². The highest BCUT2D eigenvalue weighted by atomic mass is 127. The van der Waals surface area contributed by atoms with E-state index >= 15 is 0 Å². The first-order valence-electron chi connectivity index (χ1n) is 11.4. The highest BCUT2D eigenvalue weighted by Gasteiger charge is 2.23. The molecule has 1 heterocycles. The van der Waals surface area contributed by atoms with E-state index < -0.39 is 0 Å². The molecular formula is C25H36FIN4O2. The number of nitrogens with zero attached hydrogens (tertiary/aromatic N) is 2. The predicted molar refractivity (Wildman–Crippen MR) is 142 cm³/mol. The molecule has 1 aliphatic heterocycles. The van der Waals surface area contributed by atoms with Gasteiger partial charge in [-0.3, -0.25) is 4.90 Å². The van der Waals surface area contributed by atoms with E-state index in [2.05, 4.69) is 46.7 Å². The first-order chi connectivity index (χ1) is 15.7. The van der Waals surface area contributed by atoms with Crippen LogP contribution in [-0.4, -0.2) is 56.9 Å². The van der Waals surface area contributed by atoms with Crippen LogP contribution in [0.5, 0.6) is 0 Å². The number of rotatable bonds is 10. The summed E-state index contributed by atoms with van der Waals surface area (Å²) in [6.07, 6.45) is 0. The molecule has 1 aliphatic rings. The third-order valence-corrected chi connectivity index (χ3v) is 5.46. The summed E-state index contributed by atoms with van der Waals surface area (Å²) < 4.78 is 24.4. The molecular weight excluding hydrogens is 534 g/mol. The Bertz CT molecular complexity index is 827. The fourth-order valence-corrected chi connectivity index (χ4v) is 3.70. The summed E-state index contributed by atoms with van der Waals surface area (Å²) in [6.45, 7) is 10.6. The van der Waals surface area contributed by atoms with Crippen LogP contribution in [-0.2, 0) is 22.6 Å². The zero-order chi connectivity index (χ0) is 22.6. The van der Waals surface area contributed by atoms with Crippen molar-refractivity contribution in [1.82, 2.24) is 15.5 Å². The second-order valence-corrected chi connectivity index (χ2v) is 7.75. The minimum Gasteiger partial charge on any atom is -0.379 e. The van der Waals surface area contributed by atoms with Crippen molar-refractivity contribution in [2.45, 2.75) is 33.0 Å². The maximum atomic E-state index is 13.5. The third-order valence-electron chi connectivity index (χ3n) is 5.46. The molecule has 1 atom stereocenters. The lowest BCUT2D eigenvalue weighted by Crippen LogP contribution is -2.46. The van der Waals surface area contributed by atoms with Gasteiger partial charge in [0.25, 0.3) is 0 Å². The van der Waals surface area contributed by atoms with Gasteiger partial charge in [-0.15, -0.1) is 24.0 Å². The summed E-state index contributed by atoms with van der Waals surface area (Å²) in [6, 6.07) is 15.3. The molecule has 0 saturated carbocycles. The predicted octanol–water partition coefficient (Wildman–Crippen LogP) is 4.11. The number of nitrogens with one attached hydrogen (secondary N) is 2. The number of ether oxygens (including phenoxy) is 2. The van der Waals surface area contributed by atoms with Gasteiger partial charge in [0.15, 0.2) is 5.96 Å². The highest BCUT2D eigenvalue weighted by Crippen LogP contribution is 2.21. The Morgan fingerprint density at radius 3 is 2.33 bits per heavy atom. The molecule has 0 aliphatic carbocycles. The van der Waals surface area contributed by atoms with E-state index in [1.54, 1.807) is 0 Å². The maximum Gasteiger partial charge on any atom is 0.191 e. The summed E-state index contributed by atoms with van der Waals surface area (Å²) in [5, 5.41) is 6.81. The average molecular weight is 570 g/mol. The number of hydrogen-bond acceptors (Lipinski definition) is 4. The van der Waals surface area contributed by atoms with Crippen LogP contribution in [0.15, 0.2) is 53.5 Å². The lowest BCUT2D eigenvalue weighted by Gasteiger charge is -2.35. The molecule has 3 rings (SSSR count). The minimum absolute atomic E-state index is 0. The van der Waals surface area contributed by atoms with Crippen LogP contribution in [0.2, 0.25) is 0 Å². The highest BCUT2D eigenvalue weighted by molar-refractivity contribution is 14.0. The van der Waals surface area contributed by atoms with Crippen molar-refractivity contribution in [2.24, 2.45) is 4.99 Å². The Labute approximate surface area is 214 Å². The van der Waals surface area contributed by atoms with Crippen LogP contribution in [0.25, 0.3) is 0 Å². The molecule has 182 valence electrons. The van der Waals surface area contributed by atoms with Gasteiger partial charge in [0, 0.05) is 32.8 Å². The van der Waals surface area contributed by atoms with Gasteiger partial charge in [-0.25, -0.2) is 9.38 Å². The summed E-state index contributed by atoms with van der Waals surface area (Å²) in [5.74, 6) is 0.552. The van der Waals surface area contributed by atoms with Crippen molar-refractivity contribution in [2.75, 3.05) is 46.0 Å². The van der Waals surface area contributed by atoms with E-state index in [1.807, 2.05) is 19.1 Å². The third kappa shape index (κ3) is 9.19. The normalized spacial score (nSPS) is 15.5. The molecule has 0 bridgehead atoms. The number of hydrogen-bond donors (Lipinski definition) is 2. The molecule has 2 aromatic carbocycles. The quantitative estimate of drug-likeness (QED) is 0.256. The van der Waals surface area contributed by atoms with Crippen molar-refractivity contribution in [3.63, 3.8) is 0 Å². The average Bonchev–Trinajstić information content (AvgIpc) is 2.83. The summed E-state index contributed by atoms with van der Waals surface area (Å²) in [4.78, 5) is 7.14. The molecule has 6 nitrogen and oxygen atoms in total. The Morgan fingerprint density at radius 1 is 1.03 bits per heavy atom. The Balaban J connectivity index is 0.00000385. The topological polar surface area (TPSA) is 58.1 Å². The largest absolute Gasteiger partial charge is 0.379 e.